The summed E-state index contributed by atoms with van der Waals surface area (Å²) in [7, 11) is -4.22. The van der Waals surface area contributed by atoms with Gasteiger partial charge in [0, 0.05) is 6.42 Å². The maximum absolute atomic E-state index is 11.7. The molecule has 0 N–H and O–H groups in total. The van der Waals surface area contributed by atoms with Crippen molar-refractivity contribution in [3.63, 3.8) is 0 Å². The molecular formula is C6H7F3O5S. The summed E-state index contributed by atoms with van der Waals surface area (Å²) in [6, 6.07) is 0. The second-order valence-corrected chi connectivity index (χ2v) is 4.54. The van der Waals surface area contributed by atoms with E-state index in [1.165, 1.54) is 0 Å². The average molecular weight is 248 g/mol. The van der Waals surface area contributed by atoms with Gasteiger partial charge in [-0.3, -0.25) is 4.18 Å². The summed E-state index contributed by atoms with van der Waals surface area (Å²) in [5.41, 5.74) is -1.86. The minimum absolute atomic E-state index is 0.109. The molecule has 0 aromatic rings. The zero-order chi connectivity index (χ0) is 11.7. The number of alkyl halides is 3. The molecule has 1 atom stereocenters. The molecule has 0 aliphatic carbocycles. The largest absolute Gasteiger partial charge is 0.490 e. The summed E-state index contributed by atoms with van der Waals surface area (Å²) in [6.45, 7) is -0.109. The van der Waals surface area contributed by atoms with Gasteiger partial charge in [0.05, 0.1) is 6.61 Å². The molecule has 1 fully saturated rings. The van der Waals surface area contributed by atoms with Gasteiger partial charge in [-0.1, -0.05) is 0 Å². The van der Waals surface area contributed by atoms with Gasteiger partial charge in [-0.25, -0.2) is 4.79 Å². The molecule has 9 heteroatoms. The number of hydrogen-bond donors (Lipinski definition) is 0. The smallest absolute Gasteiger partial charge is 0.437 e. The van der Waals surface area contributed by atoms with E-state index in [9.17, 15) is 26.4 Å². The Hall–Kier alpha value is -0.830. The molecule has 0 aromatic carbocycles. The zero-order valence-corrected chi connectivity index (χ0v) is 8.10. The van der Waals surface area contributed by atoms with Gasteiger partial charge in [0.2, 0.25) is 5.44 Å². The minimum Gasteiger partial charge on any atom is -0.437 e. The van der Waals surface area contributed by atoms with Crippen molar-refractivity contribution >= 4 is 16.1 Å². The van der Waals surface area contributed by atoms with Gasteiger partial charge in [-0.05, 0) is 6.42 Å². The van der Waals surface area contributed by atoms with Crippen LogP contribution in [0.2, 0.25) is 0 Å². The predicted octanol–water partition coefficient (Wildman–Crippen LogP) is 0.558. The Morgan fingerprint density at radius 3 is 2.47 bits per heavy atom. The number of esters is 1. The van der Waals surface area contributed by atoms with Gasteiger partial charge in [0.25, 0.3) is 0 Å². The van der Waals surface area contributed by atoms with Gasteiger partial charge in [-0.15, -0.1) is 0 Å². The van der Waals surface area contributed by atoms with Crippen LogP contribution < -0.4 is 0 Å². The summed E-state index contributed by atoms with van der Waals surface area (Å²) in [5.74, 6) is -2.53. The first kappa shape index (κ1) is 12.2. The van der Waals surface area contributed by atoms with Gasteiger partial charge >= 0.3 is 22.3 Å². The Morgan fingerprint density at radius 2 is 2.00 bits per heavy atom. The molecule has 15 heavy (non-hydrogen) atoms. The van der Waals surface area contributed by atoms with Crippen molar-refractivity contribution in [2.75, 3.05) is 6.61 Å². The molecule has 1 heterocycles. The molecule has 5 nitrogen and oxygen atoms in total. The van der Waals surface area contributed by atoms with Crippen LogP contribution in [0, 0.1) is 0 Å². The first-order chi connectivity index (χ1) is 6.73. The molecule has 1 saturated heterocycles. The molecular weight excluding hydrogens is 241 g/mol. The van der Waals surface area contributed by atoms with Gasteiger partial charge < -0.3 is 4.74 Å². The van der Waals surface area contributed by atoms with Crippen LogP contribution in [0.3, 0.4) is 0 Å². The third-order valence-electron chi connectivity index (χ3n) is 1.62. The average Bonchev–Trinajstić information content (AvgIpc) is 2.06. The van der Waals surface area contributed by atoms with E-state index in [1.807, 2.05) is 0 Å². The molecule has 1 unspecified atom stereocenters. The van der Waals surface area contributed by atoms with Crippen molar-refractivity contribution in [1.29, 1.82) is 0 Å². The Kier molecular flexibility index (Phi) is 3.24. The number of ether oxygens (including phenoxy) is 1. The van der Waals surface area contributed by atoms with Crippen molar-refractivity contribution < 1.29 is 35.3 Å². The monoisotopic (exact) mass is 248 g/mol. The van der Waals surface area contributed by atoms with Crippen LogP contribution in [-0.4, -0.2) is 32.6 Å². The van der Waals surface area contributed by atoms with Gasteiger partial charge in [0.15, 0.2) is 0 Å². The number of carbonyl (C=O) groups is 1. The van der Waals surface area contributed by atoms with Gasteiger partial charge in [0.1, 0.15) is 0 Å². The van der Waals surface area contributed by atoms with Crippen molar-refractivity contribution in [3.05, 3.63) is 0 Å². The fourth-order valence-corrected chi connectivity index (χ4v) is 2.11. The molecule has 0 saturated carbocycles. The second kappa shape index (κ2) is 3.97. The molecule has 1 aliphatic rings. The number of halogens is 3. The summed E-state index contributed by atoms with van der Waals surface area (Å²) in [4.78, 5) is 10.4. The van der Waals surface area contributed by atoms with Crippen LogP contribution in [0.1, 0.15) is 12.8 Å². The maximum atomic E-state index is 11.7. The van der Waals surface area contributed by atoms with E-state index in [0.29, 0.717) is 0 Å². The Bertz CT molecular complexity index is 346. The lowest BCUT2D eigenvalue weighted by atomic mass is 10.3. The Balaban J connectivity index is 2.69. The zero-order valence-electron chi connectivity index (χ0n) is 7.28. The third kappa shape index (κ3) is 3.06. The van der Waals surface area contributed by atoms with Crippen LogP contribution in [0.15, 0.2) is 0 Å². The summed E-state index contributed by atoms with van der Waals surface area (Å²) in [6.07, 6.45) is -5.17. The molecule has 0 bridgehead atoms. The van der Waals surface area contributed by atoms with Crippen molar-refractivity contribution in [2.24, 2.45) is 0 Å². The lowest BCUT2D eigenvalue weighted by Crippen LogP contribution is -2.37. The topological polar surface area (TPSA) is 69.7 Å². The maximum Gasteiger partial charge on any atom is 0.490 e. The highest BCUT2D eigenvalue weighted by Crippen LogP contribution is 2.23. The van der Waals surface area contributed by atoms with E-state index in [4.69, 9.17) is 0 Å². The highest BCUT2D eigenvalue weighted by Gasteiger charge is 2.45. The number of hydrogen-bond acceptors (Lipinski definition) is 5. The van der Waals surface area contributed by atoms with Gasteiger partial charge in [-0.2, -0.15) is 21.6 Å². The number of rotatable bonds is 1. The lowest BCUT2D eigenvalue weighted by Gasteiger charge is -2.22. The first-order valence-corrected chi connectivity index (χ1v) is 5.36. The second-order valence-electron chi connectivity index (χ2n) is 2.79. The van der Waals surface area contributed by atoms with E-state index in [0.717, 1.165) is 0 Å². The molecule has 0 aromatic heterocycles. The molecule has 1 aliphatic heterocycles. The number of carbonyl (C=O) groups excluding carboxylic acids is 1. The Morgan fingerprint density at radius 1 is 1.40 bits per heavy atom. The molecule has 1 rings (SSSR count). The van der Waals surface area contributed by atoms with Crippen LogP contribution in [0.5, 0.6) is 0 Å². The molecule has 0 amide bonds. The summed E-state index contributed by atoms with van der Waals surface area (Å²) < 4.78 is 65.2. The van der Waals surface area contributed by atoms with Crippen molar-refractivity contribution in [1.82, 2.24) is 0 Å². The van der Waals surface area contributed by atoms with Crippen molar-refractivity contribution in [2.45, 2.75) is 24.5 Å². The summed E-state index contributed by atoms with van der Waals surface area (Å²) in [5, 5.41) is 0. The molecule has 88 valence electrons. The van der Waals surface area contributed by atoms with Crippen LogP contribution in [-0.2, 0) is 23.8 Å². The minimum atomic E-state index is -5.20. The third-order valence-corrected chi connectivity index (χ3v) is 3.09. The van der Waals surface area contributed by atoms with Crippen molar-refractivity contribution in [3.8, 4) is 0 Å². The molecule has 0 spiro atoms. The quantitative estimate of drug-likeness (QED) is 0.501. The van der Waals surface area contributed by atoms with E-state index >= 15 is 0 Å². The predicted molar refractivity (Wildman–Crippen MR) is 40.0 cm³/mol. The highest BCUT2D eigenvalue weighted by molar-refractivity contribution is 7.87. The SMILES string of the molecule is O=C(OC1CCCOS1(=O)=O)C(F)(F)F. The van der Waals surface area contributed by atoms with E-state index in [-0.39, 0.29) is 19.4 Å². The lowest BCUT2D eigenvalue weighted by molar-refractivity contribution is -0.202. The first-order valence-electron chi connectivity index (χ1n) is 3.89. The van der Waals surface area contributed by atoms with Crippen LogP contribution >= 0.6 is 0 Å². The van der Waals surface area contributed by atoms with E-state index in [2.05, 4.69) is 8.92 Å². The normalized spacial score (nSPS) is 25.9. The summed E-state index contributed by atoms with van der Waals surface area (Å²) >= 11 is 0. The van der Waals surface area contributed by atoms with Crippen LogP contribution in [0.4, 0.5) is 13.2 Å². The fourth-order valence-electron chi connectivity index (χ4n) is 0.949. The van der Waals surface area contributed by atoms with E-state index < -0.39 is 27.7 Å². The fraction of sp³-hybridized carbons (Fsp3) is 0.833. The standard InChI is InChI=1S/C6H7F3O5S/c7-6(8,9)5(10)14-4-2-1-3-13-15(4,11)12/h4H,1-3H2. The molecule has 0 radical (unpaired) electrons. The van der Waals surface area contributed by atoms with Crippen LogP contribution in [0.25, 0.3) is 0 Å². The Labute approximate surface area is 83.3 Å². The highest BCUT2D eigenvalue weighted by atomic mass is 32.2. The van der Waals surface area contributed by atoms with E-state index in [1.54, 1.807) is 0 Å².